The second-order valence-electron chi connectivity index (χ2n) is 10.1. The maximum Gasteiger partial charge on any atom is 0.408 e. The normalized spacial score (nSPS) is 12.6. The Labute approximate surface area is 240 Å². The van der Waals surface area contributed by atoms with E-state index in [4.69, 9.17) is 16.3 Å². The molecule has 0 spiro atoms. The highest BCUT2D eigenvalue weighted by atomic mass is 35.5. The SMILES string of the molecule is CC(C)(C)OC(=O)NCC(=O)NC(CC(Cc1ccc(-c2cc(Cl)ccc2F)cc1)NC(=O)c1cn[nH]n1)C(=O)O. The summed E-state index contributed by atoms with van der Waals surface area (Å²) in [6, 6.07) is 8.81. The first-order chi connectivity index (χ1) is 19.3. The van der Waals surface area contributed by atoms with Crippen LogP contribution in [0.5, 0.6) is 0 Å². The van der Waals surface area contributed by atoms with E-state index in [1.807, 2.05) is 0 Å². The lowest BCUT2D eigenvalue weighted by Gasteiger charge is -2.23. The first kappa shape index (κ1) is 31.0. The molecule has 0 saturated carbocycles. The second kappa shape index (κ2) is 13.7. The standard InChI is InChI=1S/C27H30ClFN6O6/c1-27(2,3)41-26(40)30-14-23(36)33-21(25(38)39)12-18(32-24(37)22-13-31-35-34-22)10-15-4-6-16(7-5-15)19-11-17(28)8-9-20(19)29/h4-9,11,13,18,21H,10,12,14H2,1-3H3,(H,30,40)(H,32,37)(H,33,36)(H,38,39)(H,31,34,35). The highest BCUT2D eigenvalue weighted by Gasteiger charge is 2.27. The third-order valence-electron chi connectivity index (χ3n) is 5.60. The quantitative estimate of drug-likeness (QED) is 0.227. The molecule has 2 aromatic carbocycles. The van der Waals surface area contributed by atoms with Gasteiger partial charge in [-0.05, 0) is 62.9 Å². The van der Waals surface area contributed by atoms with Gasteiger partial charge in [0.1, 0.15) is 24.0 Å². The van der Waals surface area contributed by atoms with Gasteiger partial charge in [-0.15, -0.1) is 0 Å². The number of alkyl carbamates (subject to hydrolysis) is 1. The van der Waals surface area contributed by atoms with E-state index in [1.54, 1.807) is 45.0 Å². The molecule has 0 fully saturated rings. The maximum absolute atomic E-state index is 14.3. The lowest BCUT2D eigenvalue weighted by molar-refractivity contribution is -0.142. The number of carboxylic acids is 1. The Morgan fingerprint density at radius 3 is 2.41 bits per heavy atom. The Hall–Kier alpha value is -4.52. The van der Waals surface area contributed by atoms with Crippen LogP contribution in [0.1, 0.15) is 43.2 Å². The third kappa shape index (κ3) is 9.87. The number of halogens is 2. The van der Waals surface area contributed by atoms with Crippen LogP contribution in [0.4, 0.5) is 9.18 Å². The number of aromatic nitrogens is 3. The number of carbonyl (C=O) groups is 4. The Bertz CT molecular complexity index is 1380. The van der Waals surface area contributed by atoms with Crippen molar-refractivity contribution in [3.63, 3.8) is 0 Å². The Morgan fingerprint density at radius 2 is 1.80 bits per heavy atom. The largest absolute Gasteiger partial charge is 0.480 e. The van der Waals surface area contributed by atoms with Crippen molar-refractivity contribution in [1.82, 2.24) is 31.4 Å². The van der Waals surface area contributed by atoms with Crippen LogP contribution in [0.3, 0.4) is 0 Å². The molecule has 2 atom stereocenters. The number of amides is 3. The molecule has 1 aromatic heterocycles. The van der Waals surface area contributed by atoms with Crippen molar-refractivity contribution < 1.29 is 33.4 Å². The third-order valence-corrected chi connectivity index (χ3v) is 5.84. The number of hydrogen-bond acceptors (Lipinski definition) is 7. The van der Waals surface area contributed by atoms with Gasteiger partial charge in [0.25, 0.3) is 5.91 Å². The fraction of sp³-hybridized carbons (Fsp3) is 0.333. The molecule has 5 N–H and O–H groups in total. The number of benzene rings is 2. The zero-order chi connectivity index (χ0) is 30.2. The van der Waals surface area contributed by atoms with Crippen LogP contribution in [-0.4, -0.2) is 68.6 Å². The fourth-order valence-electron chi connectivity index (χ4n) is 3.81. The molecule has 0 bridgehead atoms. The molecule has 0 saturated heterocycles. The summed E-state index contributed by atoms with van der Waals surface area (Å²) < 4.78 is 19.4. The van der Waals surface area contributed by atoms with E-state index in [2.05, 4.69) is 31.4 Å². The fourth-order valence-corrected chi connectivity index (χ4v) is 3.98. The number of aliphatic carboxylic acids is 1. The zero-order valence-electron chi connectivity index (χ0n) is 22.5. The van der Waals surface area contributed by atoms with Gasteiger partial charge in [0.2, 0.25) is 5.91 Å². The molecule has 14 heteroatoms. The summed E-state index contributed by atoms with van der Waals surface area (Å²) in [5.41, 5.74) is 0.793. The molecular formula is C27H30ClFN6O6. The number of rotatable bonds is 11. The average Bonchev–Trinajstić information content (AvgIpc) is 3.43. The molecular weight excluding hydrogens is 559 g/mol. The minimum absolute atomic E-state index is 0.0146. The molecule has 0 radical (unpaired) electrons. The number of carbonyl (C=O) groups excluding carboxylic acids is 3. The van der Waals surface area contributed by atoms with E-state index < -0.39 is 53.9 Å². The number of H-pyrrole nitrogens is 1. The van der Waals surface area contributed by atoms with Crippen LogP contribution in [0.25, 0.3) is 11.1 Å². The summed E-state index contributed by atoms with van der Waals surface area (Å²) in [5.74, 6) is -3.16. The molecule has 0 aliphatic heterocycles. The van der Waals surface area contributed by atoms with Gasteiger partial charge in [-0.2, -0.15) is 15.4 Å². The van der Waals surface area contributed by atoms with Gasteiger partial charge in [-0.1, -0.05) is 35.9 Å². The summed E-state index contributed by atoms with van der Waals surface area (Å²) in [7, 11) is 0. The van der Waals surface area contributed by atoms with Crippen LogP contribution in [0.2, 0.25) is 5.02 Å². The van der Waals surface area contributed by atoms with Gasteiger partial charge in [0.05, 0.1) is 6.20 Å². The smallest absolute Gasteiger partial charge is 0.408 e. The van der Waals surface area contributed by atoms with E-state index in [0.717, 1.165) is 0 Å². The Balaban J connectivity index is 1.73. The summed E-state index contributed by atoms with van der Waals surface area (Å²) in [6.07, 6.45) is 0.331. The van der Waals surface area contributed by atoms with Crippen LogP contribution in [0, 0.1) is 5.82 Å². The van der Waals surface area contributed by atoms with E-state index >= 15 is 0 Å². The topological polar surface area (TPSA) is 175 Å². The molecule has 1 heterocycles. The van der Waals surface area contributed by atoms with E-state index in [1.165, 1.54) is 24.4 Å². The lowest BCUT2D eigenvalue weighted by Crippen LogP contribution is -2.50. The summed E-state index contributed by atoms with van der Waals surface area (Å²) in [6.45, 7) is 4.45. The van der Waals surface area contributed by atoms with Crippen molar-refractivity contribution in [3.8, 4) is 11.1 Å². The van der Waals surface area contributed by atoms with Crippen molar-refractivity contribution in [2.75, 3.05) is 6.54 Å². The maximum atomic E-state index is 14.3. The number of hydrogen-bond donors (Lipinski definition) is 5. The summed E-state index contributed by atoms with van der Waals surface area (Å²) in [5, 5.41) is 27.2. The van der Waals surface area contributed by atoms with Crippen LogP contribution in [-0.2, 0) is 20.7 Å². The summed E-state index contributed by atoms with van der Waals surface area (Å²) in [4.78, 5) is 48.9. The average molecular weight is 589 g/mol. The van der Waals surface area contributed by atoms with Gasteiger partial charge in [-0.3, -0.25) is 9.59 Å². The first-order valence-corrected chi connectivity index (χ1v) is 12.9. The monoisotopic (exact) mass is 588 g/mol. The van der Waals surface area contributed by atoms with Crippen LogP contribution in [0.15, 0.2) is 48.7 Å². The molecule has 3 amide bonds. The van der Waals surface area contributed by atoms with E-state index in [9.17, 15) is 28.7 Å². The van der Waals surface area contributed by atoms with Gasteiger partial charge in [0.15, 0.2) is 5.69 Å². The van der Waals surface area contributed by atoms with Crippen molar-refractivity contribution in [1.29, 1.82) is 0 Å². The van der Waals surface area contributed by atoms with E-state index in [0.29, 0.717) is 21.7 Å². The predicted octanol–water partition coefficient (Wildman–Crippen LogP) is 3.09. The van der Waals surface area contributed by atoms with Crippen molar-refractivity contribution >= 4 is 35.5 Å². The predicted molar refractivity (Wildman–Crippen MR) is 147 cm³/mol. The minimum atomic E-state index is -1.41. The number of nitrogens with zero attached hydrogens (tertiary/aromatic N) is 2. The number of carboxylic acid groups (broad SMARTS) is 1. The Morgan fingerprint density at radius 1 is 1.10 bits per heavy atom. The van der Waals surface area contributed by atoms with Crippen molar-refractivity contribution in [3.05, 3.63) is 70.8 Å². The van der Waals surface area contributed by atoms with Gasteiger partial charge >= 0.3 is 12.1 Å². The highest BCUT2D eigenvalue weighted by molar-refractivity contribution is 6.30. The second-order valence-corrected chi connectivity index (χ2v) is 10.5. The molecule has 3 rings (SSSR count). The van der Waals surface area contributed by atoms with Crippen molar-refractivity contribution in [2.24, 2.45) is 0 Å². The molecule has 0 aliphatic rings. The molecule has 3 aromatic rings. The van der Waals surface area contributed by atoms with Gasteiger partial charge < -0.3 is 25.8 Å². The number of nitrogens with one attached hydrogen (secondary N) is 4. The molecule has 41 heavy (non-hydrogen) atoms. The minimum Gasteiger partial charge on any atom is -0.480 e. The summed E-state index contributed by atoms with van der Waals surface area (Å²) >= 11 is 6.00. The van der Waals surface area contributed by atoms with Crippen LogP contribution < -0.4 is 16.0 Å². The number of ether oxygens (including phenoxy) is 1. The first-order valence-electron chi connectivity index (χ1n) is 12.5. The molecule has 0 aliphatic carbocycles. The zero-order valence-corrected chi connectivity index (χ0v) is 23.3. The van der Waals surface area contributed by atoms with Crippen LogP contribution >= 0.6 is 11.6 Å². The molecule has 2 unspecified atom stereocenters. The lowest BCUT2D eigenvalue weighted by atomic mass is 9.96. The van der Waals surface area contributed by atoms with Gasteiger partial charge in [0, 0.05) is 16.6 Å². The van der Waals surface area contributed by atoms with Gasteiger partial charge in [-0.25, -0.2) is 14.0 Å². The molecule has 218 valence electrons. The number of aromatic amines is 1. The Kier molecular flexibility index (Phi) is 10.4. The van der Waals surface area contributed by atoms with E-state index in [-0.39, 0.29) is 18.5 Å². The molecule has 12 nitrogen and oxygen atoms in total. The highest BCUT2D eigenvalue weighted by Crippen LogP contribution is 2.26. The van der Waals surface area contributed by atoms with Crippen molar-refractivity contribution in [2.45, 2.75) is 51.3 Å².